The molecule has 1 aromatic heterocycles. The van der Waals surface area contributed by atoms with Crippen molar-refractivity contribution in [1.29, 1.82) is 0 Å². The van der Waals surface area contributed by atoms with Crippen LogP contribution in [0, 0.1) is 6.92 Å². The van der Waals surface area contributed by atoms with Crippen molar-refractivity contribution in [3.63, 3.8) is 0 Å². The number of nitrogens with zero attached hydrogens (tertiary/aromatic N) is 1. The smallest absolute Gasteiger partial charge is 0.259 e. The van der Waals surface area contributed by atoms with E-state index >= 15 is 0 Å². The van der Waals surface area contributed by atoms with Crippen molar-refractivity contribution in [2.45, 2.75) is 20.4 Å². The maximum absolute atomic E-state index is 12.1. The third-order valence-corrected chi connectivity index (χ3v) is 2.91. The van der Waals surface area contributed by atoms with Crippen LogP contribution in [0.3, 0.4) is 0 Å². The minimum atomic E-state index is -0.143. The zero-order valence-electron chi connectivity index (χ0n) is 11.2. The second-order valence-electron chi connectivity index (χ2n) is 4.30. The quantitative estimate of drug-likeness (QED) is 0.769. The average Bonchev–Trinajstić information content (AvgIpc) is 2.84. The van der Waals surface area contributed by atoms with Gasteiger partial charge in [0.05, 0.1) is 11.8 Å². The number of hydrogen-bond donors (Lipinski definition) is 3. The Morgan fingerprint density at radius 3 is 2.84 bits per heavy atom. The number of aromatic nitrogens is 2. The van der Waals surface area contributed by atoms with Gasteiger partial charge in [0.25, 0.3) is 5.91 Å². The number of H-pyrrole nitrogens is 1. The monoisotopic (exact) mass is 258 g/mol. The van der Waals surface area contributed by atoms with Crippen molar-refractivity contribution >= 4 is 11.6 Å². The molecule has 5 heteroatoms. The number of amides is 1. The van der Waals surface area contributed by atoms with Crippen LogP contribution in [0.5, 0.6) is 0 Å². The van der Waals surface area contributed by atoms with E-state index in [9.17, 15) is 4.79 Å². The molecule has 2 aromatic rings. The fourth-order valence-electron chi connectivity index (χ4n) is 1.83. The molecule has 0 saturated carbocycles. The number of hydrogen-bond acceptors (Lipinski definition) is 3. The summed E-state index contributed by atoms with van der Waals surface area (Å²) in [6.07, 6.45) is 1.54. The molecule has 0 bridgehead atoms. The molecule has 0 fully saturated rings. The molecule has 0 aliphatic rings. The number of aromatic amines is 1. The van der Waals surface area contributed by atoms with Gasteiger partial charge >= 0.3 is 0 Å². The summed E-state index contributed by atoms with van der Waals surface area (Å²) in [7, 11) is 0. The first-order chi connectivity index (χ1) is 9.22. The van der Waals surface area contributed by atoms with Crippen LogP contribution in [0.1, 0.15) is 28.5 Å². The van der Waals surface area contributed by atoms with Gasteiger partial charge in [0.1, 0.15) is 0 Å². The molecule has 0 aliphatic heterocycles. The molecule has 1 amide bonds. The Bertz CT molecular complexity index is 562. The van der Waals surface area contributed by atoms with E-state index in [1.165, 1.54) is 6.20 Å². The van der Waals surface area contributed by atoms with Crippen molar-refractivity contribution in [3.05, 3.63) is 47.3 Å². The highest BCUT2D eigenvalue weighted by Gasteiger charge is 2.12. The molecule has 0 radical (unpaired) electrons. The minimum absolute atomic E-state index is 0.143. The van der Waals surface area contributed by atoms with Gasteiger partial charge < -0.3 is 10.6 Å². The molecule has 3 N–H and O–H groups in total. The van der Waals surface area contributed by atoms with E-state index in [1.54, 1.807) is 0 Å². The predicted octanol–water partition coefficient (Wildman–Crippen LogP) is 2.08. The summed E-state index contributed by atoms with van der Waals surface area (Å²) in [6.45, 7) is 5.50. The Morgan fingerprint density at radius 1 is 1.37 bits per heavy atom. The van der Waals surface area contributed by atoms with Gasteiger partial charge in [-0.05, 0) is 25.1 Å². The summed E-state index contributed by atoms with van der Waals surface area (Å²) in [5, 5.41) is 12.8. The molecule has 2 rings (SSSR count). The number of benzene rings is 1. The molecule has 0 saturated heterocycles. The number of nitrogens with one attached hydrogen (secondary N) is 3. The second kappa shape index (κ2) is 6.15. The molecule has 0 atom stereocenters. The summed E-state index contributed by atoms with van der Waals surface area (Å²) < 4.78 is 0. The van der Waals surface area contributed by atoms with Crippen molar-refractivity contribution in [2.75, 3.05) is 11.9 Å². The summed E-state index contributed by atoms with van der Waals surface area (Å²) >= 11 is 0. The zero-order chi connectivity index (χ0) is 13.7. The molecular formula is C14H18N4O. The van der Waals surface area contributed by atoms with Gasteiger partial charge in [-0.3, -0.25) is 9.89 Å². The van der Waals surface area contributed by atoms with Gasteiger partial charge in [0.15, 0.2) is 0 Å². The van der Waals surface area contributed by atoms with Crippen molar-refractivity contribution in [3.8, 4) is 0 Å². The van der Waals surface area contributed by atoms with E-state index in [-0.39, 0.29) is 5.91 Å². The first-order valence-electron chi connectivity index (χ1n) is 6.32. The third kappa shape index (κ3) is 3.20. The van der Waals surface area contributed by atoms with Gasteiger partial charge in [0, 0.05) is 17.9 Å². The van der Waals surface area contributed by atoms with Crippen molar-refractivity contribution in [1.82, 2.24) is 15.5 Å². The van der Waals surface area contributed by atoms with Gasteiger partial charge in [-0.1, -0.05) is 25.1 Å². The molecule has 19 heavy (non-hydrogen) atoms. The Balaban J connectivity index is 2.15. The van der Waals surface area contributed by atoms with Gasteiger partial charge in [-0.2, -0.15) is 5.10 Å². The third-order valence-electron chi connectivity index (χ3n) is 2.91. The first kappa shape index (κ1) is 13.3. The lowest BCUT2D eigenvalue weighted by molar-refractivity contribution is 0.102. The van der Waals surface area contributed by atoms with Gasteiger partial charge in [-0.15, -0.1) is 0 Å². The Hall–Kier alpha value is -2.14. The molecule has 5 nitrogen and oxygen atoms in total. The summed E-state index contributed by atoms with van der Waals surface area (Å²) in [5.41, 5.74) is 3.23. The highest BCUT2D eigenvalue weighted by molar-refractivity contribution is 6.05. The SMILES string of the molecule is CCNCc1ccccc1NC(=O)c1cn[nH]c1C. The lowest BCUT2D eigenvalue weighted by atomic mass is 10.1. The maximum atomic E-state index is 12.1. The van der Waals surface area contributed by atoms with E-state index in [4.69, 9.17) is 0 Å². The molecular weight excluding hydrogens is 240 g/mol. The molecule has 0 spiro atoms. The molecule has 0 unspecified atom stereocenters. The maximum Gasteiger partial charge on any atom is 0.259 e. The van der Waals surface area contributed by atoms with Crippen LogP contribution >= 0.6 is 0 Å². The fraction of sp³-hybridized carbons (Fsp3) is 0.286. The van der Waals surface area contributed by atoms with Crippen molar-refractivity contribution < 1.29 is 4.79 Å². The zero-order valence-corrected chi connectivity index (χ0v) is 11.2. The van der Waals surface area contributed by atoms with Crippen LogP contribution in [0.25, 0.3) is 0 Å². The summed E-state index contributed by atoms with van der Waals surface area (Å²) in [4.78, 5) is 12.1. The van der Waals surface area contributed by atoms with Crippen LogP contribution in [-0.2, 0) is 6.54 Å². The average molecular weight is 258 g/mol. The van der Waals surface area contributed by atoms with Crippen LogP contribution in [-0.4, -0.2) is 22.6 Å². The number of para-hydroxylation sites is 1. The van der Waals surface area contributed by atoms with Gasteiger partial charge in [0.2, 0.25) is 0 Å². The molecule has 1 heterocycles. The Morgan fingerprint density at radius 2 is 2.16 bits per heavy atom. The molecule has 100 valence electrons. The minimum Gasteiger partial charge on any atom is -0.322 e. The van der Waals surface area contributed by atoms with E-state index in [0.29, 0.717) is 5.56 Å². The number of rotatable bonds is 5. The Labute approximate surface area is 112 Å². The second-order valence-corrected chi connectivity index (χ2v) is 4.30. The van der Waals surface area contributed by atoms with Crippen LogP contribution in [0.15, 0.2) is 30.5 Å². The van der Waals surface area contributed by atoms with Crippen LogP contribution < -0.4 is 10.6 Å². The largest absolute Gasteiger partial charge is 0.322 e. The van der Waals surface area contributed by atoms with Crippen molar-refractivity contribution in [2.24, 2.45) is 0 Å². The molecule has 1 aromatic carbocycles. The van der Waals surface area contributed by atoms with Crippen LogP contribution in [0.4, 0.5) is 5.69 Å². The lowest BCUT2D eigenvalue weighted by Crippen LogP contribution is -2.17. The van der Waals surface area contributed by atoms with E-state index in [0.717, 1.165) is 30.0 Å². The summed E-state index contributed by atoms with van der Waals surface area (Å²) in [6, 6.07) is 7.78. The molecule has 0 aliphatic carbocycles. The van der Waals surface area contributed by atoms with Gasteiger partial charge in [-0.25, -0.2) is 0 Å². The normalized spacial score (nSPS) is 10.4. The standard InChI is InChI=1S/C14H18N4O/c1-3-15-8-11-6-4-5-7-13(11)17-14(19)12-9-16-18-10(12)2/h4-7,9,15H,3,8H2,1-2H3,(H,16,18)(H,17,19). The van der Waals surface area contributed by atoms with E-state index in [1.807, 2.05) is 31.2 Å². The highest BCUT2D eigenvalue weighted by atomic mass is 16.1. The van der Waals surface area contributed by atoms with Crippen LogP contribution in [0.2, 0.25) is 0 Å². The number of anilines is 1. The number of carbonyl (C=O) groups excluding carboxylic acids is 1. The number of aryl methyl sites for hydroxylation is 1. The van der Waals surface area contributed by atoms with E-state index in [2.05, 4.69) is 27.8 Å². The number of carbonyl (C=O) groups is 1. The predicted molar refractivity (Wildman–Crippen MR) is 75.1 cm³/mol. The van der Waals surface area contributed by atoms with E-state index < -0.39 is 0 Å². The summed E-state index contributed by atoms with van der Waals surface area (Å²) in [5.74, 6) is -0.143. The lowest BCUT2D eigenvalue weighted by Gasteiger charge is -2.11. The Kier molecular flexibility index (Phi) is 4.30. The topological polar surface area (TPSA) is 69.8 Å². The first-order valence-corrected chi connectivity index (χ1v) is 6.32. The highest BCUT2D eigenvalue weighted by Crippen LogP contribution is 2.16. The fourth-order valence-corrected chi connectivity index (χ4v) is 1.83.